The Labute approximate surface area is 155 Å². The number of anilines is 1. The summed E-state index contributed by atoms with van der Waals surface area (Å²) in [6, 6.07) is 3.75. The van der Waals surface area contributed by atoms with Crippen molar-refractivity contribution in [2.24, 2.45) is 0 Å². The summed E-state index contributed by atoms with van der Waals surface area (Å²) in [5, 5.41) is 2.60. The summed E-state index contributed by atoms with van der Waals surface area (Å²) in [6.45, 7) is 6.01. The largest absolute Gasteiger partial charge is 0.497 e. The van der Waals surface area contributed by atoms with E-state index in [1.54, 1.807) is 12.0 Å². The summed E-state index contributed by atoms with van der Waals surface area (Å²) >= 11 is 6.23. The van der Waals surface area contributed by atoms with Crippen LogP contribution in [0.4, 0.5) is 5.69 Å². The summed E-state index contributed by atoms with van der Waals surface area (Å²) < 4.78 is 5.79. The molecule has 0 unspecified atom stereocenters. The van der Waals surface area contributed by atoms with Gasteiger partial charge >= 0.3 is 0 Å². The van der Waals surface area contributed by atoms with Crippen LogP contribution in [0.3, 0.4) is 0 Å². The van der Waals surface area contributed by atoms with Crippen LogP contribution in [0.5, 0.6) is 5.75 Å². The number of thioether (sulfide) groups is 1. The van der Waals surface area contributed by atoms with Gasteiger partial charge < -0.3 is 10.1 Å². The van der Waals surface area contributed by atoms with Crippen molar-refractivity contribution in [1.82, 2.24) is 5.32 Å². The fraction of sp³-hybridized carbons (Fsp3) is 0.278. The van der Waals surface area contributed by atoms with Gasteiger partial charge in [0.15, 0.2) is 0 Å². The molecule has 0 aromatic heterocycles. The van der Waals surface area contributed by atoms with E-state index in [1.807, 2.05) is 32.9 Å². The number of carbonyl (C=O) groups is 2. The number of thiocarbonyl (C=S) groups is 1. The van der Waals surface area contributed by atoms with Gasteiger partial charge in [0.05, 0.1) is 28.8 Å². The highest BCUT2D eigenvalue weighted by molar-refractivity contribution is 8.27. The van der Waals surface area contributed by atoms with E-state index in [-0.39, 0.29) is 11.8 Å². The maximum absolute atomic E-state index is 13.3. The van der Waals surface area contributed by atoms with Gasteiger partial charge in [-0.15, -0.1) is 0 Å². The van der Waals surface area contributed by atoms with Crippen molar-refractivity contribution in [1.29, 1.82) is 0 Å². The number of methoxy groups -OCH3 is 1. The predicted molar refractivity (Wildman–Crippen MR) is 103 cm³/mol. The van der Waals surface area contributed by atoms with E-state index >= 15 is 0 Å². The number of carbonyl (C=O) groups excluding carboxylic acids is 2. The standard InChI is InChI=1S/C18H16N2O3S2/c1-8-7-18(2,3)20-13-10(8)5-9(23-4)6-11(13)12(16(20)22)14-15(21)19-17(24)25-14/h5-7H,1-4H3,(H,19,21,24)/b14-12+. The number of rotatable bonds is 1. The van der Waals surface area contributed by atoms with Crippen LogP contribution in [0.25, 0.3) is 11.1 Å². The summed E-state index contributed by atoms with van der Waals surface area (Å²) in [4.78, 5) is 27.7. The van der Waals surface area contributed by atoms with Crippen molar-refractivity contribution in [2.45, 2.75) is 26.3 Å². The maximum atomic E-state index is 13.3. The lowest BCUT2D eigenvalue weighted by atomic mass is 9.89. The minimum absolute atomic E-state index is 0.180. The van der Waals surface area contributed by atoms with Gasteiger partial charge in [0.25, 0.3) is 11.8 Å². The molecule has 25 heavy (non-hydrogen) atoms. The molecule has 2 amide bonds. The molecule has 0 saturated carbocycles. The molecular formula is C18H16N2O3S2. The van der Waals surface area contributed by atoms with Crippen molar-refractivity contribution in [3.63, 3.8) is 0 Å². The molecule has 3 heterocycles. The first-order valence-electron chi connectivity index (χ1n) is 7.79. The molecule has 4 rings (SSSR count). The van der Waals surface area contributed by atoms with E-state index in [0.717, 1.165) is 34.1 Å². The zero-order chi connectivity index (χ0) is 18.1. The van der Waals surface area contributed by atoms with Crippen molar-refractivity contribution < 1.29 is 14.3 Å². The van der Waals surface area contributed by atoms with Crippen LogP contribution in [0.15, 0.2) is 23.1 Å². The molecule has 0 atom stereocenters. The number of nitrogens with one attached hydrogen (secondary N) is 1. The summed E-state index contributed by atoms with van der Waals surface area (Å²) in [6.07, 6.45) is 2.07. The normalized spacial score (nSPS) is 23.6. The third-order valence-electron chi connectivity index (χ3n) is 4.64. The molecule has 5 nitrogen and oxygen atoms in total. The number of benzene rings is 1. The number of nitrogens with zero attached hydrogens (tertiary/aromatic N) is 1. The first-order chi connectivity index (χ1) is 11.7. The predicted octanol–water partition coefficient (Wildman–Crippen LogP) is 3.10. The van der Waals surface area contributed by atoms with E-state index in [1.165, 1.54) is 0 Å². The monoisotopic (exact) mass is 372 g/mol. The third kappa shape index (κ3) is 2.19. The maximum Gasteiger partial charge on any atom is 0.264 e. The van der Waals surface area contributed by atoms with Gasteiger partial charge in [-0.3, -0.25) is 14.5 Å². The van der Waals surface area contributed by atoms with Crippen LogP contribution in [-0.2, 0) is 9.59 Å². The van der Waals surface area contributed by atoms with Crippen molar-refractivity contribution in [2.75, 3.05) is 12.0 Å². The van der Waals surface area contributed by atoms with Crippen LogP contribution < -0.4 is 15.0 Å². The first kappa shape index (κ1) is 16.4. The Morgan fingerprint density at radius 2 is 1.92 bits per heavy atom. The van der Waals surface area contributed by atoms with Crippen molar-refractivity contribution in [3.05, 3.63) is 34.2 Å². The Kier molecular flexibility index (Phi) is 3.39. The van der Waals surface area contributed by atoms with Gasteiger partial charge in [-0.1, -0.05) is 30.1 Å². The van der Waals surface area contributed by atoms with E-state index in [0.29, 0.717) is 20.5 Å². The van der Waals surface area contributed by atoms with Crippen LogP contribution >= 0.6 is 24.0 Å². The molecule has 1 saturated heterocycles. The molecule has 1 aromatic carbocycles. The van der Waals surface area contributed by atoms with E-state index in [2.05, 4.69) is 11.4 Å². The van der Waals surface area contributed by atoms with Crippen LogP contribution in [0.2, 0.25) is 0 Å². The number of hydrogen-bond donors (Lipinski definition) is 1. The second-order valence-corrected chi connectivity index (χ2v) is 8.43. The molecule has 1 N–H and O–H groups in total. The topological polar surface area (TPSA) is 58.6 Å². The number of hydrogen-bond acceptors (Lipinski definition) is 5. The Morgan fingerprint density at radius 3 is 2.52 bits per heavy atom. The molecule has 3 aliphatic rings. The Bertz CT molecular complexity index is 944. The minimum Gasteiger partial charge on any atom is -0.497 e. The highest BCUT2D eigenvalue weighted by Crippen LogP contribution is 2.52. The zero-order valence-electron chi connectivity index (χ0n) is 14.2. The molecular weight excluding hydrogens is 356 g/mol. The molecule has 0 radical (unpaired) electrons. The molecule has 1 aromatic rings. The number of allylic oxidation sites excluding steroid dienone is 1. The fourth-order valence-electron chi connectivity index (χ4n) is 3.71. The molecule has 0 spiro atoms. The molecule has 1 fully saturated rings. The quantitative estimate of drug-likeness (QED) is 0.606. The summed E-state index contributed by atoms with van der Waals surface area (Å²) in [5.74, 6) is 0.151. The van der Waals surface area contributed by atoms with Gasteiger partial charge in [0.2, 0.25) is 0 Å². The van der Waals surface area contributed by atoms with Gasteiger partial charge in [-0.2, -0.15) is 0 Å². The van der Waals surface area contributed by atoms with E-state index in [9.17, 15) is 9.59 Å². The smallest absolute Gasteiger partial charge is 0.264 e. The van der Waals surface area contributed by atoms with Crippen molar-refractivity contribution in [3.8, 4) is 5.75 Å². The van der Waals surface area contributed by atoms with Gasteiger partial charge in [-0.25, -0.2) is 0 Å². The lowest BCUT2D eigenvalue weighted by Crippen LogP contribution is -2.46. The summed E-state index contributed by atoms with van der Waals surface area (Å²) in [5.41, 5.74) is 3.50. The third-order valence-corrected chi connectivity index (χ3v) is 5.88. The Morgan fingerprint density at radius 1 is 1.24 bits per heavy atom. The zero-order valence-corrected chi connectivity index (χ0v) is 15.9. The van der Waals surface area contributed by atoms with E-state index in [4.69, 9.17) is 17.0 Å². The second-order valence-electron chi connectivity index (χ2n) is 6.74. The van der Waals surface area contributed by atoms with Crippen LogP contribution in [-0.4, -0.2) is 28.8 Å². The lowest BCUT2D eigenvalue weighted by Gasteiger charge is -2.38. The number of amides is 2. The lowest BCUT2D eigenvalue weighted by molar-refractivity contribution is -0.116. The first-order valence-corrected chi connectivity index (χ1v) is 9.01. The minimum atomic E-state index is -0.486. The highest BCUT2D eigenvalue weighted by atomic mass is 32.2. The van der Waals surface area contributed by atoms with Crippen molar-refractivity contribution >= 4 is 56.9 Å². The van der Waals surface area contributed by atoms with Crippen LogP contribution in [0, 0.1) is 0 Å². The highest BCUT2D eigenvalue weighted by Gasteiger charge is 2.47. The molecule has 128 valence electrons. The molecule has 0 bridgehead atoms. The van der Waals surface area contributed by atoms with Crippen LogP contribution in [0.1, 0.15) is 31.9 Å². The Hall–Kier alpha value is -2.12. The van der Waals surface area contributed by atoms with Gasteiger partial charge in [0, 0.05) is 11.1 Å². The molecule has 7 heteroatoms. The molecule has 0 aliphatic carbocycles. The SMILES string of the molecule is COc1cc2c3c(c1)/C(=C1\SC(=S)NC1=O)C(=O)N3C(C)(C)C=C2C. The Balaban J connectivity index is 2.08. The average Bonchev–Trinajstić information content (AvgIpc) is 3.00. The van der Waals surface area contributed by atoms with Gasteiger partial charge in [-0.05, 0) is 38.5 Å². The second kappa shape index (κ2) is 5.19. The number of ether oxygens (including phenoxy) is 1. The average molecular weight is 372 g/mol. The fourth-order valence-corrected chi connectivity index (χ4v) is 4.82. The van der Waals surface area contributed by atoms with E-state index < -0.39 is 5.54 Å². The molecule has 3 aliphatic heterocycles. The van der Waals surface area contributed by atoms with Gasteiger partial charge in [0.1, 0.15) is 10.1 Å². The summed E-state index contributed by atoms with van der Waals surface area (Å²) in [7, 11) is 1.59.